The average Bonchev–Trinajstić information content (AvgIpc) is 3.46. The van der Waals surface area contributed by atoms with Crippen LogP contribution in [0.4, 0.5) is 0 Å². The van der Waals surface area contributed by atoms with Crippen molar-refractivity contribution in [2.75, 3.05) is 26.3 Å². The first-order valence-electron chi connectivity index (χ1n) is 13.9. The lowest BCUT2D eigenvalue weighted by atomic mass is 9.72. The van der Waals surface area contributed by atoms with E-state index in [9.17, 15) is 24.8 Å². The molecule has 0 radical (unpaired) electrons. The van der Waals surface area contributed by atoms with Gasteiger partial charge >= 0.3 is 11.9 Å². The number of benzene rings is 2. The fraction of sp³-hybridized carbons (Fsp3) is 0.467. The number of rotatable bonds is 2. The number of ketones is 1. The minimum atomic E-state index is -0.952. The maximum atomic E-state index is 12.8. The predicted molar refractivity (Wildman–Crippen MR) is 150 cm³/mol. The van der Waals surface area contributed by atoms with E-state index in [1.165, 1.54) is 25.8 Å². The number of hydrogen-bond donors (Lipinski definition) is 2. The number of phenols is 1. The molecule has 4 bridgehead atoms. The third-order valence-electron chi connectivity index (χ3n) is 9.03. The average molecular weight is 608 g/mol. The molecular formula is C30H29N3O9S. The Balaban J connectivity index is 1.55. The Labute approximate surface area is 251 Å². The molecule has 0 saturated carbocycles. The van der Waals surface area contributed by atoms with Crippen LogP contribution in [0.5, 0.6) is 28.7 Å². The summed E-state index contributed by atoms with van der Waals surface area (Å²) in [5, 5.41) is 25.2. The first-order chi connectivity index (χ1) is 20.7. The van der Waals surface area contributed by atoms with E-state index in [2.05, 4.69) is 11.4 Å². The van der Waals surface area contributed by atoms with Crippen molar-refractivity contribution >= 4 is 29.5 Å². The van der Waals surface area contributed by atoms with Gasteiger partial charge in [-0.1, -0.05) is 6.07 Å². The number of methoxy groups -OCH3 is 1. The van der Waals surface area contributed by atoms with Crippen LogP contribution in [0.3, 0.4) is 0 Å². The third kappa shape index (κ3) is 3.93. The summed E-state index contributed by atoms with van der Waals surface area (Å²) in [6, 6.07) is 1.61. The standard InChI is InChI=1S/C30H29N3O9S/c1-11-5-14-6-15-16(7-31)33-17-8-39-30(37)18(35)9-43-29(23(33)22(32-15)19(14)24(36)25(11)38-4)21-20(17)28-27(40-10-41-28)12(2)26(21)42-13(3)34/h5,15-17,22-23,29,32,36H,6,8-10H2,1-4H3/t15-,16-,17-,22+,23?,29+/m0/s1. The normalized spacial score (nSPS) is 28.6. The van der Waals surface area contributed by atoms with E-state index >= 15 is 0 Å². The van der Waals surface area contributed by atoms with Crippen LogP contribution < -0.4 is 24.3 Å². The first-order valence-corrected chi connectivity index (χ1v) is 15.0. The van der Waals surface area contributed by atoms with Crippen LogP contribution in [0.15, 0.2) is 6.07 Å². The molecule has 224 valence electrons. The van der Waals surface area contributed by atoms with E-state index in [1.807, 2.05) is 17.9 Å². The van der Waals surface area contributed by atoms with Crippen molar-refractivity contribution in [3.05, 3.63) is 39.4 Å². The summed E-state index contributed by atoms with van der Waals surface area (Å²) in [5.41, 5.74) is 4.08. The predicted octanol–water partition coefficient (Wildman–Crippen LogP) is 2.46. The van der Waals surface area contributed by atoms with Gasteiger partial charge in [0, 0.05) is 41.3 Å². The van der Waals surface area contributed by atoms with Crippen LogP contribution in [0.2, 0.25) is 0 Å². The van der Waals surface area contributed by atoms with Crippen molar-refractivity contribution in [2.24, 2.45) is 0 Å². The zero-order valence-corrected chi connectivity index (χ0v) is 24.7. The lowest BCUT2D eigenvalue weighted by molar-refractivity contribution is -0.155. The number of carbonyl (C=O) groups is 3. The van der Waals surface area contributed by atoms with Crippen molar-refractivity contribution in [3.63, 3.8) is 0 Å². The summed E-state index contributed by atoms with van der Waals surface area (Å²) < 4.78 is 28.9. The van der Waals surface area contributed by atoms with Gasteiger partial charge in [0.2, 0.25) is 12.6 Å². The smallest absolute Gasteiger partial charge is 0.375 e. The fourth-order valence-electron chi connectivity index (χ4n) is 7.50. The fourth-order valence-corrected chi connectivity index (χ4v) is 8.85. The molecule has 5 heterocycles. The Kier molecular flexibility index (Phi) is 6.50. The molecule has 2 saturated heterocycles. The van der Waals surface area contributed by atoms with Gasteiger partial charge in [0.15, 0.2) is 23.0 Å². The van der Waals surface area contributed by atoms with Gasteiger partial charge in [-0.15, -0.1) is 11.8 Å². The van der Waals surface area contributed by atoms with E-state index < -0.39 is 47.1 Å². The number of thioether (sulfide) groups is 1. The number of piperazine rings is 1. The lowest BCUT2D eigenvalue weighted by Gasteiger charge is -2.58. The second-order valence-corrected chi connectivity index (χ2v) is 12.5. The number of nitrogens with one attached hydrogen (secondary N) is 1. The zero-order chi connectivity index (χ0) is 30.3. The molecule has 2 aromatic carbocycles. The highest BCUT2D eigenvalue weighted by molar-refractivity contribution is 8.00. The number of nitrogens with zero attached hydrogens (tertiary/aromatic N) is 2. The number of esters is 2. The molecule has 5 aliphatic rings. The van der Waals surface area contributed by atoms with Crippen molar-refractivity contribution in [3.8, 4) is 34.8 Å². The molecular weight excluding hydrogens is 578 g/mol. The van der Waals surface area contributed by atoms with Gasteiger partial charge in [-0.05, 0) is 31.4 Å². The van der Waals surface area contributed by atoms with Gasteiger partial charge in [0.05, 0.1) is 36.3 Å². The van der Waals surface area contributed by atoms with Crippen molar-refractivity contribution in [1.82, 2.24) is 10.2 Å². The first kappa shape index (κ1) is 27.8. The molecule has 13 heteroatoms. The van der Waals surface area contributed by atoms with Crippen LogP contribution in [0.1, 0.15) is 57.6 Å². The van der Waals surface area contributed by atoms with Gasteiger partial charge in [-0.3, -0.25) is 14.5 Å². The topological polar surface area (TPSA) is 157 Å². The Morgan fingerprint density at radius 2 is 1.93 bits per heavy atom. The monoisotopic (exact) mass is 607 g/mol. The summed E-state index contributed by atoms with van der Waals surface area (Å²) in [7, 11) is 1.50. The van der Waals surface area contributed by atoms with E-state index in [1.54, 1.807) is 6.92 Å². The van der Waals surface area contributed by atoms with E-state index in [-0.39, 0.29) is 36.7 Å². The molecule has 0 amide bonds. The second-order valence-electron chi connectivity index (χ2n) is 11.3. The summed E-state index contributed by atoms with van der Waals surface area (Å²) >= 11 is 1.20. The van der Waals surface area contributed by atoms with Gasteiger partial charge in [0.25, 0.3) is 0 Å². The van der Waals surface area contributed by atoms with E-state index in [4.69, 9.17) is 23.7 Å². The maximum absolute atomic E-state index is 12.8. The van der Waals surface area contributed by atoms with Gasteiger partial charge < -0.3 is 34.1 Å². The SMILES string of the molecule is COc1c(C)cc2c(c1O)[C@H]1N[C@@H](C2)[C@H](C#N)N2C1[C@@H]1SCC(=O)C(=O)OC[C@H]2c2c3c(c(C)c(OC(C)=O)c21)OCO3. The maximum Gasteiger partial charge on any atom is 0.375 e. The number of carbonyl (C=O) groups excluding carboxylic acids is 3. The number of aromatic hydroxyl groups is 1. The Hall–Kier alpha value is -3.99. The number of Topliss-reactive ketones (excluding diaryl/α,β-unsaturated/α-hetero) is 1. The van der Waals surface area contributed by atoms with E-state index in [0.717, 1.165) is 11.1 Å². The van der Waals surface area contributed by atoms with Crippen LogP contribution in [0.25, 0.3) is 0 Å². The number of phenolic OH excluding ortho intramolecular Hbond substituents is 1. The molecule has 6 atom stereocenters. The van der Waals surface area contributed by atoms with Crippen LogP contribution in [0, 0.1) is 25.2 Å². The minimum Gasteiger partial charge on any atom is -0.504 e. The molecule has 0 aromatic heterocycles. The quantitative estimate of drug-likeness (QED) is 0.292. The van der Waals surface area contributed by atoms with Crippen LogP contribution >= 0.6 is 11.8 Å². The summed E-state index contributed by atoms with van der Waals surface area (Å²) in [5.74, 6) is -0.915. The molecule has 0 spiro atoms. The number of fused-ring (bicyclic) bond motifs is 9. The summed E-state index contributed by atoms with van der Waals surface area (Å²) in [6.07, 6.45) is 0.464. The third-order valence-corrected chi connectivity index (χ3v) is 10.3. The largest absolute Gasteiger partial charge is 0.504 e. The Bertz CT molecular complexity index is 1650. The highest BCUT2D eigenvalue weighted by Crippen LogP contribution is 2.62. The molecule has 0 aliphatic carbocycles. The van der Waals surface area contributed by atoms with Gasteiger partial charge in [0.1, 0.15) is 18.4 Å². The van der Waals surface area contributed by atoms with Gasteiger partial charge in [-0.25, -0.2) is 4.79 Å². The minimum absolute atomic E-state index is 0.00609. The molecule has 2 N–H and O–H groups in total. The molecule has 2 aromatic rings. The van der Waals surface area contributed by atoms with Gasteiger partial charge in [-0.2, -0.15) is 5.26 Å². The number of ether oxygens (including phenoxy) is 5. The molecule has 1 unspecified atom stereocenters. The summed E-state index contributed by atoms with van der Waals surface area (Å²) in [6.45, 7) is 4.63. The highest BCUT2D eigenvalue weighted by atomic mass is 32.2. The number of hydrogen-bond acceptors (Lipinski definition) is 13. The number of cyclic esters (lactones) is 1. The van der Waals surface area contributed by atoms with Crippen LogP contribution in [-0.2, 0) is 25.5 Å². The lowest BCUT2D eigenvalue weighted by Crippen LogP contribution is -2.69. The van der Waals surface area contributed by atoms with Crippen LogP contribution in [-0.4, -0.2) is 72.1 Å². The molecule has 5 aliphatic heterocycles. The molecule has 43 heavy (non-hydrogen) atoms. The van der Waals surface area contributed by atoms with Crippen molar-refractivity contribution < 1.29 is 43.2 Å². The Morgan fingerprint density at radius 3 is 2.65 bits per heavy atom. The van der Waals surface area contributed by atoms with Crippen molar-refractivity contribution in [2.45, 2.75) is 62.7 Å². The van der Waals surface area contributed by atoms with Crippen molar-refractivity contribution in [1.29, 1.82) is 5.26 Å². The second kappa shape index (κ2) is 10.0. The summed E-state index contributed by atoms with van der Waals surface area (Å²) in [4.78, 5) is 40.0. The molecule has 2 fully saturated rings. The number of aryl methyl sites for hydroxylation is 1. The molecule has 12 nitrogen and oxygen atoms in total. The highest BCUT2D eigenvalue weighted by Gasteiger charge is 2.59. The Morgan fingerprint density at radius 1 is 1.16 bits per heavy atom. The van der Waals surface area contributed by atoms with E-state index in [0.29, 0.717) is 45.9 Å². The molecule has 7 rings (SSSR count). The zero-order valence-electron chi connectivity index (χ0n) is 23.9. The number of nitriles is 1.